The van der Waals surface area contributed by atoms with Gasteiger partial charge in [-0.05, 0) is 24.7 Å². The molecule has 0 aromatic rings. The SMILES string of the molecule is O[C@H]1C=CC2(CC2)C1. The highest BCUT2D eigenvalue weighted by Crippen LogP contribution is 2.53. The Kier molecular flexibility index (Phi) is 0.662. The third-order valence-corrected chi connectivity index (χ3v) is 2.18. The summed E-state index contributed by atoms with van der Waals surface area (Å²) < 4.78 is 0. The minimum Gasteiger partial charge on any atom is -0.389 e. The zero-order valence-electron chi connectivity index (χ0n) is 4.80. The van der Waals surface area contributed by atoms with Crippen LogP contribution in [0.15, 0.2) is 12.2 Å². The zero-order valence-corrected chi connectivity index (χ0v) is 4.80. The van der Waals surface area contributed by atoms with E-state index in [4.69, 9.17) is 5.11 Å². The van der Waals surface area contributed by atoms with Crippen LogP contribution in [0, 0.1) is 5.41 Å². The maximum absolute atomic E-state index is 9.02. The van der Waals surface area contributed by atoms with Gasteiger partial charge in [0.25, 0.3) is 0 Å². The van der Waals surface area contributed by atoms with Gasteiger partial charge >= 0.3 is 0 Å². The van der Waals surface area contributed by atoms with Gasteiger partial charge in [-0.1, -0.05) is 12.2 Å². The van der Waals surface area contributed by atoms with Crippen molar-refractivity contribution in [3.05, 3.63) is 12.2 Å². The molecule has 8 heavy (non-hydrogen) atoms. The van der Waals surface area contributed by atoms with Crippen molar-refractivity contribution in [1.29, 1.82) is 0 Å². The Morgan fingerprint density at radius 1 is 1.50 bits per heavy atom. The van der Waals surface area contributed by atoms with E-state index in [9.17, 15) is 0 Å². The number of allylic oxidation sites excluding steroid dienone is 1. The lowest BCUT2D eigenvalue weighted by Crippen LogP contribution is -2.00. The van der Waals surface area contributed by atoms with Gasteiger partial charge in [-0.2, -0.15) is 0 Å². The third-order valence-electron chi connectivity index (χ3n) is 2.18. The number of hydrogen-bond acceptors (Lipinski definition) is 1. The molecule has 1 saturated carbocycles. The number of hydrogen-bond donors (Lipinski definition) is 1. The molecule has 0 aromatic carbocycles. The molecule has 2 aliphatic carbocycles. The van der Waals surface area contributed by atoms with Gasteiger partial charge in [0.05, 0.1) is 6.10 Å². The van der Waals surface area contributed by atoms with Crippen molar-refractivity contribution in [2.45, 2.75) is 25.4 Å². The molecule has 1 atom stereocenters. The van der Waals surface area contributed by atoms with Crippen molar-refractivity contribution in [2.75, 3.05) is 0 Å². The van der Waals surface area contributed by atoms with Gasteiger partial charge < -0.3 is 5.11 Å². The summed E-state index contributed by atoms with van der Waals surface area (Å²) in [5.74, 6) is 0. The van der Waals surface area contributed by atoms with Crippen molar-refractivity contribution in [3.8, 4) is 0 Å². The summed E-state index contributed by atoms with van der Waals surface area (Å²) in [6.07, 6.45) is 7.58. The van der Waals surface area contributed by atoms with Gasteiger partial charge in [0.2, 0.25) is 0 Å². The summed E-state index contributed by atoms with van der Waals surface area (Å²) in [5, 5.41) is 9.02. The molecular formula is C7H10O. The fraction of sp³-hybridized carbons (Fsp3) is 0.714. The predicted molar refractivity (Wildman–Crippen MR) is 31.4 cm³/mol. The van der Waals surface area contributed by atoms with Gasteiger partial charge in [0.1, 0.15) is 0 Å². The van der Waals surface area contributed by atoms with Gasteiger partial charge in [-0.15, -0.1) is 0 Å². The molecule has 1 fully saturated rings. The number of rotatable bonds is 0. The minimum atomic E-state index is -0.127. The van der Waals surface area contributed by atoms with Gasteiger partial charge in [0, 0.05) is 0 Å². The second-order valence-electron chi connectivity index (χ2n) is 2.99. The molecular weight excluding hydrogens is 100 g/mol. The Labute approximate surface area is 49.0 Å². The van der Waals surface area contributed by atoms with E-state index in [1.54, 1.807) is 0 Å². The van der Waals surface area contributed by atoms with E-state index in [1.807, 2.05) is 6.08 Å². The summed E-state index contributed by atoms with van der Waals surface area (Å²) in [6.45, 7) is 0. The first-order valence-electron chi connectivity index (χ1n) is 3.18. The molecule has 0 aliphatic heterocycles. The van der Waals surface area contributed by atoms with Crippen molar-refractivity contribution < 1.29 is 5.11 Å². The molecule has 0 amide bonds. The van der Waals surface area contributed by atoms with Gasteiger partial charge in [-0.3, -0.25) is 0 Å². The molecule has 2 rings (SSSR count). The van der Waals surface area contributed by atoms with Crippen LogP contribution in [0.1, 0.15) is 19.3 Å². The first-order valence-corrected chi connectivity index (χ1v) is 3.18. The maximum Gasteiger partial charge on any atom is 0.0729 e. The van der Waals surface area contributed by atoms with E-state index in [2.05, 4.69) is 6.08 Å². The first-order chi connectivity index (χ1) is 3.81. The van der Waals surface area contributed by atoms with Crippen LogP contribution < -0.4 is 0 Å². The quantitative estimate of drug-likeness (QED) is 0.463. The summed E-state index contributed by atoms with van der Waals surface area (Å²) in [5.41, 5.74) is 0.486. The van der Waals surface area contributed by atoms with Crippen molar-refractivity contribution in [2.24, 2.45) is 5.41 Å². The highest BCUT2D eigenvalue weighted by Gasteiger charge is 2.44. The molecule has 0 unspecified atom stereocenters. The molecule has 0 bridgehead atoms. The topological polar surface area (TPSA) is 20.2 Å². The van der Waals surface area contributed by atoms with E-state index in [-0.39, 0.29) is 6.10 Å². The number of aliphatic hydroxyl groups excluding tert-OH is 1. The van der Waals surface area contributed by atoms with Crippen molar-refractivity contribution in [1.82, 2.24) is 0 Å². The molecule has 0 saturated heterocycles. The summed E-state index contributed by atoms with van der Waals surface area (Å²) in [4.78, 5) is 0. The van der Waals surface area contributed by atoms with Crippen LogP contribution in [0.3, 0.4) is 0 Å². The maximum atomic E-state index is 9.02. The summed E-state index contributed by atoms with van der Waals surface area (Å²) >= 11 is 0. The molecule has 0 aromatic heterocycles. The molecule has 1 heteroatoms. The Balaban J connectivity index is 2.15. The molecule has 0 radical (unpaired) electrons. The van der Waals surface area contributed by atoms with E-state index < -0.39 is 0 Å². The van der Waals surface area contributed by atoms with Crippen LogP contribution in [0.4, 0.5) is 0 Å². The predicted octanol–water partition coefficient (Wildman–Crippen LogP) is 1.09. The van der Waals surface area contributed by atoms with E-state index in [1.165, 1.54) is 12.8 Å². The Hall–Kier alpha value is -0.300. The second-order valence-corrected chi connectivity index (χ2v) is 2.99. The molecule has 1 spiro atoms. The Morgan fingerprint density at radius 2 is 2.25 bits per heavy atom. The molecule has 2 aliphatic rings. The normalized spacial score (nSPS) is 38.9. The molecule has 0 heterocycles. The van der Waals surface area contributed by atoms with E-state index >= 15 is 0 Å². The van der Waals surface area contributed by atoms with Gasteiger partial charge in [-0.25, -0.2) is 0 Å². The van der Waals surface area contributed by atoms with E-state index in [0.29, 0.717) is 5.41 Å². The van der Waals surface area contributed by atoms with Crippen molar-refractivity contribution >= 4 is 0 Å². The number of aliphatic hydroxyl groups is 1. The van der Waals surface area contributed by atoms with Crippen LogP contribution in [-0.4, -0.2) is 11.2 Å². The summed E-state index contributed by atoms with van der Waals surface area (Å²) in [6, 6.07) is 0. The lowest BCUT2D eigenvalue weighted by Gasteiger charge is -2.00. The largest absolute Gasteiger partial charge is 0.389 e. The average Bonchev–Trinajstić information content (AvgIpc) is 2.34. The highest BCUT2D eigenvalue weighted by atomic mass is 16.3. The minimum absolute atomic E-state index is 0.127. The van der Waals surface area contributed by atoms with Crippen LogP contribution in [0.5, 0.6) is 0 Å². The van der Waals surface area contributed by atoms with Crippen LogP contribution in [0.25, 0.3) is 0 Å². The summed E-state index contributed by atoms with van der Waals surface area (Å²) in [7, 11) is 0. The van der Waals surface area contributed by atoms with Gasteiger partial charge in [0.15, 0.2) is 0 Å². The van der Waals surface area contributed by atoms with Crippen LogP contribution >= 0.6 is 0 Å². The fourth-order valence-electron chi connectivity index (χ4n) is 1.40. The lowest BCUT2D eigenvalue weighted by atomic mass is 10.1. The Bertz CT molecular complexity index is 133. The lowest BCUT2D eigenvalue weighted by molar-refractivity contribution is 0.206. The van der Waals surface area contributed by atoms with E-state index in [0.717, 1.165) is 6.42 Å². The zero-order chi connectivity index (χ0) is 5.61. The first kappa shape index (κ1) is 4.57. The molecule has 1 nitrogen and oxygen atoms in total. The van der Waals surface area contributed by atoms with Crippen molar-refractivity contribution in [3.63, 3.8) is 0 Å². The highest BCUT2D eigenvalue weighted by molar-refractivity contribution is 5.18. The second kappa shape index (κ2) is 1.16. The molecule has 44 valence electrons. The smallest absolute Gasteiger partial charge is 0.0729 e. The van der Waals surface area contributed by atoms with Crippen LogP contribution in [-0.2, 0) is 0 Å². The average molecular weight is 110 g/mol. The monoisotopic (exact) mass is 110 g/mol. The Morgan fingerprint density at radius 3 is 2.50 bits per heavy atom. The third kappa shape index (κ3) is 0.511. The molecule has 1 N–H and O–H groups in total. The standard InChI is InChI=1S/C7H10O/c8-6-1-2-7(5-6)3-4-7/h1-2,6,8H,3-5H2/t6-/m0/s1. The van der Waals surface area contributed by atoms with Crippen LogP contribution in [0.2, 0.25) is 0 Å². The fourth-order valence-corrected chi connectivity index (χ4v) is 1.40.